The molecule has 0 saturated heterocycles. The molecule has 0 aromatic heterocycles. The summed E-state index contributed by atoms with van der Waals surface area (Å²) >= 11 is 6.10. The van der Waals surface area contributed by atoms with Gasteiger partial charge >= 0.3 is 5.97 Å². The number of rotatable bonds is 8. The number of ether oxygens (including phenoxy) is 3. The maximum Gasteiger partial charge on any atom is 0.347 e. The summed E-state index contributed by atoms with van der Waals surface area (Å²) in [6.45, 7) is 3.94. The molecular weight excluding hydrogens is 296 g/mol. The highest BCUT2D eigenvalue weighted by atomic mass is 35.5. The molecule has 21 heavy (non-hydrogen) atoms. The Morgan fingerprint density at radius 1 is 1.38 bits per heavy atom. The number of hydrogen-bond donors (Lipinski definition) is 0. The second-order valence-electron chi connectivity index (χ2n) is 4.30. The normalized spacial score (nSPS) is 11.6. The van der Waals surface area contributed by atoms with Crippen molar-refractivity contribution in [2.75, 3.05) is 13.7 Å². The predicted octanol–water partition coefficient (Wildman–Crippen LogP) is 3.27. The molecule has 0 aliphatic heterocycles. The SMILES string of the molecule is CCCC(Oc1c(Cl)cc(C=O)cc1OC)C(=O)OCC. The second kappa shape index (κ2) is 8.52. The molecule has 0 bridgehead atoms. The number of halogens is 1. The molecule has 1 aromatic rings. The molecule has 1 rings (SSSR count). The fourth-order valence-electron chi connectivity index (χ4n) is 1.79. The fraction of sp³-hybridized carbons (Fsp3) is 0.467. The molecule has 0 radical (unpaired) electrons. The summed E-state index contributed by atoms with van der Waals surface area (Å²) in [5, 5.41) is 0.210. The lowest BCUT2D eigenvalue weighted by molar-refractivity contribution is -0.151. The number of carbonyl (C=O) groups excluding carboxylic acids is 2. The highest BCUT2D eigenvalue weighted by Crippen LogP contribution is 2.37. The van der Waals surface area contributed by atoms with E-state index in [1.807, 2.05) is 6.92 Å². The first-order valence-corrected chi connectivity index (χ1v) is 7.11. The van der Waals surface area contributed by atoms with Gasteiger partial charge in [-0.2, -0.15) is 0 Å². The Balaban J connectivity index is 3.07. The van der Waals surface area contributed by atoms with Crippen LogP contribution in [0.15, 0.2) is 12.1 Å². The van der Waals surface area contributed by atoms with Crippen molar-refractivity contribution in [2.24, 2.45) is 0 Å². The fourth-order valence-corrected chi connectivity index (χ4v) is 2.05. The van der Waals surface area contributed by atoms with Crippen LogP contribution in [0.4, 0.5) is 0 Å². The standard InChI is InChI=1S/C15H19ClO5/c1-4-6-12(15(18)20-5-2)21-14-11(16)7-10(9-17)8-13(14)19-3/h7-9,12H,4-6H2,1-3H3. The number of methoxy groups -OCH3 is 1. The Morgan fingerprint density at radius 3 is 2.62 bits per heavy atom. The van der Waals surface area contributed by atoms with Crippen molar-refractivity contribution >= 4 is 23.9 Å². The molecule has 6 heteroatoms. The molecule has 1 aromatic carbocycles. The molecule has 0 fully saturated rings. The summed E-state index contributed by atoms with van der Waals surface area (Å²) in [6.07, 6.45) is 1.14. The van der Waals surface area contributed by atoms with Gasteiger partial charge in [0.05, 0.1) is 18.7 Å². The summed E-state index contributed by atoms with van der Waals surface area (Å²) in [6, 6.07) is 2.96. The number of benzene rings is 1. The third kappa shape index (κ3) is 4.63. The van der Waals surface area contributed by atoms with Crippen LogP contribution < -0.4 is 9.47 Å². The minimum atomic E-state index is -0.761. The zero-order valence-electron chi connectivity index (χ0n) is 12.3. The number of aldehydes is 1. The van der Waals surface area contributed by atoms with E-state index in [2.05, 4.69) is 0 Å². The first-order chi connectivity index (χ1) is 10.1. The van der Waals surface area contributed by atoms with E-state index in [4.69, 9.17) is 25.8 Å². The van der Waals surface area contributed by atoms with Crippen molar-refractivity contribution in [2.45, 2.75) is 32.8 Å². The average Bonchev–Trinajstić information content (AvgIpc) is 2.48. The molecule has 1 unspecified atom stereocenters. The van der Waals surface area contributed by atoms with Crippen molar-refractivity contribution < 1.29 is 23.8 Å². The van der Waals surface area contributed by atoms with Crippen LogP contribution in [0.5, 0.6) is 11.5 Å². The lowest BCUT2D eigenvalue weighted by atomic mass is 10.2. The highest BCUT2D eigenvalue weighted by Gasteiger charge is 2.24. The first-order valence-electron chi connectivity index (χ1n) is 6.73. The smallest absolute Gasteiger partial charge is 0.347 e. The lowest BCUT2D eigenvalue weighted by Gasteiger charge is -2.19. The molecule has 116 valence electrons. The van der Waals surface area contributed by atoms with Crippen LogP contribution in [0, 0.1) is 0 Å². The molecule has 0 heterocycles. The van der Waals surface area contributed by atoms with E-state index < -0.39 is 12.1 Å². The summed E-state index contributed by atoms with van der Waals surface area (Å²) in [5.74, 6) is 0.0863. The number of esters is 1. The van der Waals surface area contributed by atoms with Gasteiger partial charge in [-0.15, -0.1) is 0 Å². The second-order valence-corrected chi connectivity index (χ2v) is 4.71. The average molecular weight is 315 g/mol. The molecule has 0 spiro atoms. The van der Waals surface area contributed by atoms with Gasteiger partial charge in [-0.3, -0.25) is 4.79 Å². The number of hydrogen-bond acceptors (Lipinski definition) is 5. The van der Waals surface area contributed by atoms with Gasteiger partial charge in [-0.1, -0.05) is 24.9 Å². The van der Waals surface area contributed by atoms with Gasteiger partial charge in [0.15, 0.2) is 17.6 Å². The zero-order valence-corrected chi connectivity index (χ0v) is 13.1. The molecule has 5 nitrogen and oxygen atoms in total. The molecule has 1 atom stereocenters. The van der Waals surface area contributed by atoms with Crippen molar-refractivity contribution in [3.63, 3.8) is 0 Å². The van der Waals surface area contributed by atoms with E-state index in [9.17, 15) is 9.59 Å². The maximum absolute atomic E-state index is 11.9. The predicted molar refractivity (Wildman–Crippen MR) is 79.3 cm³/mol. The van der Waals surface area contributed by atoms with Crippen LogP contribution in [-0.4, -0.2) is 32.1 Å². The van der Waals surface area contributed by atoms with Crippen LogP contribution in [0.25, 0.3) is 0 Å². The van der Waals surface area contributed by atoms with Crippen molar-refractivity contribution in [1.82, 2.24) is 0 Å². The van der Waals surface area contributed by atoms with Crippen LogP contribution in [0.3, 0.4) is 0 Å². The van der Waals surface area contributed by atoms with Gasteiger partial charge in [-0.05, 0) is 25.5 Å². The topological polar surface area (TPSA) is 61.8 Å². The van der Waals surface area contributed by atoms with Crippen LogP contribution in [0.1, 0.15) is 37.0 Å². The van der Waals surface area contributed by atoms with Gasteiger partial charge in [-0.25, -0.2) is 4.79 Å². The zero-order chi connectivity index (χ0) is 15.8. The van der Waals surface area contributed by atoms with Crippen LogP contribution >= 0.6 is 11.6 Å². The summed E-state index contributed by atoms with van der Waals surface area (Å²) in [7, 11) is 1.44. The largest absolute Gasteiger partial charge is 0.493 e. The minimum absolute atomic E-state index is 0.210. The minimum Gasteiger partial charge on any atom is -0.493 e. The maximum atomic E-state index is 11.9. The molecule has 0 aliphatic carbocycles. The summed E-state index contributed by atoms with van der Waals surface area (Å²) in [5.41, 5.74) is 0.368. The lowest BCUT2D eigenvalue weighted by Crippen LogP contribution is -2.29. The van der Waals surface area contributed by atoms with Gasteiger partial charge < -0.3 is 14.2 Å². The Labute approximate surface area is 129 Å². The first kappa shape index (κ1) is 17.3. The van der Waals surface area contributed by atoms with Gasteiger partial charge in [0.1, 0.15) is 6.29 Å². The van der Waals surface area contributed by atoms with Gasteiger partial charge in [0.25, 0.3) is 0 Å². The monoisotopic (exact) mass is 314 g/mol. The summed E-state index contributed by atoms with van der Waals surface area (Å²) in [4.78, 5) is 22.7. The van der Waals surface area contributed by atoms with E-state index in [1.54, 1.807) is 6.92 Å². The highest BCUT2D eigenvalue weighted by molar-refractivity contribution is 6.32. The van der Waals surface area contributed by atoms with Gasteiger partial charge in [0.2, 0.25) is 0 Å². The van der Waals surface area contributed by atoms with E-state index in [0.29, 0.717) is 24.0 Å². The van der Waals surface area contributed by atoms with Gasteiger partial charge in [0, 0.05) is 5.56 Å². The number of carbonyl (C=O) groups is 2. The van der Waals surface area contributed by atoms with Crippen molar-refractivity contribution in [3.8, 4) is 11.5 Å². The van der Waals surface area contributed by atoms with E-state index in [0.717, 1.165) is 6.42 Å². The Hall–Kier alpha value is -1.75. The van der Waals surface area contributed by atoms with Crippen LogP contribution in [0.2, 0.25) is 5.02 Å². The Bertz CT molecular complexity index is 501. The Kier molecular flexibility index (Phi) is 7.02. The molecule has 0 saturated carbocycles. The molecule has 0 aliphatic rings. The molecule has 0 N–H and O–H groups in total. The summed E-state index contributed by atoms with van der Waals surface area (Å²) < 4.78 is 15.8. The van der Waals surface area contributed by atoms with E-state index in [-0.39, 0.29) is 17.4 Å². The quantitative estimate of drug-likeness (QED) is 0.544. The van der Waals surface area contributed by atoms with Crippen LogP contribution in [-0.2, 0) is 9.53 Å². The molecule has 0 amide bonds. The third-order valence-electron chi connectivity index (χ3n) is 2.75. The van der Waals surface area contributed by atoms with Crippen molar-refractivity contribution in [3.05, 3.63) is 22.7 Å². The third-order valence-corrected chi connectivity index (χ3v) is 3.03. The Morgan fingerprint density at radius 2 is 2.10 bits per heavy atom. The molecular formula is C15H19ClO5. The van der Waals surface area contributed by atoms with E-state index >= 15 is 0 Å². The van der Waals surface area contributed by atoms with E-state index in [1.165, 1.54) is 19.2 Å². The van der Waals surface area contributed by atoms with Crippen molar-refractivity contribution in [1.29, 1.82) is 0 Å².